The van der Waals surface area contributed by atoms with Crippen molar-refractivity contribution in [2.24, 2.45) is 0 Å². The van der Waals surface area contributed by atoms with E-state index in [0.29, 0.717) is 0 Å². The molecule has 0 aliphatic carbocycles. The molecular formula is C18H17F2NO6S. The lowest BCUT2D eigenvalue weighted by Gasteiger charge is -2.13. The summed E-state index contributed by atoms with van der Waals surface area (Å²) in [6.07, 6.45) is -0.113. The number of alkyl halides is 2. The number of sulfonamides is 1. The number of rotatable bonds is 8. The molecule has 28 heavy (non-hydrogen) atoms. The highest BCUT2D eigenvalue weighted by Gasteiger charge is 2.20. The minimum Gasteiger partial charge on any atom is -0.451 e. The normalized spacial score (nSPS) is 12.3. The van der Waals surface area contributed by atoms with Gasteiger partial charge in [-0.3, -0.25) is 9.52 Å². The summed E-state index contributed by atoms with van der Waals surface area (Å²) in [7, 11) is -3.44. The van der Waals surface area contributed by atoms with E-state index in [1.165, 1.54) is 55.5 Å². The van der Waals surface area contributed by atoms with Gasteiger partial charge in [-0.1, -0.05) is 0 Å². The molecule has 1 atom stereocenters. The second kappa shape index (κ2) is 8.79. The zero-order valence-corrected chi connectivity index (χ0v) is 15.7. The fraction of sp³-hybridized carbons (Fsp3) is 0.222. The zero-order valence-electron chi connectivity index (χ0n) is 14.9. The third-order valence-electron chi connectivity index (χ3n) is 3.44. The molecule has 1 N–H and O–H groups in total. The molecular weight excluding hydrogens is 396 g/mol. The Morgan fingerprint density at radius 3 is 2.00 bits per heavy atom. The van der Waals surface area contributed by atoms with Crippen LogP contribution in [-0.4, -0.2) is 39.1 Å². The van der Waals surface area contributed by atoms with E-state index < -0.39 is 34.5 Å². The first-order valence-electron chi connectivity index (χ1n) is 7.93. The summed E-state index contributed by atoms with van der Waals surface area (Å²) >= 11 is 0. The Hall–Kier alpha value is -3.01. The molecule has 0 heterocycles. The highest BCUT2D eigenvalue weighted by atomic mass is 32.2. The number of Topliss-reactive ketones (excluding diaryl/α,β-unsaturated/α-hetero) is 1. The predicted octanol–water partition coefficient (Wildman–Crippen LogP) is 3.09. The smallest absolute Gasteiger partial charge is 0.387 e. The van der Waals surface area contributed by atoms with Gasteiger partial charge in [0, 0.05) is 11.3 Å². The maximum Gasteiger partial charge on any atom is 0.387 e. The van der Waals surface area contributed by atoms with Crippen LogP contribution in [0.15, 0.2) is 48.5 Å². The van der Waals surface area contributed by atoms with Crippen LogP contribution in [0.3, 0.4) is 0 Å². The summed E-state index contributed by atoms with van der Waals surface area (Å²) in [5, 5.41) is 0. The van der Waals surface area contributed by atoms with Crippen LogP contribution in [0, 0.1) is 0 Å². The van der Waals surface area contributed by atoms with Crippen molar-refractivity contribution < 1.29 is 36.3 Å². The maximum absolute atomic E-state index is 12.4. The lowest BCUT2D eigenvalue weighted by atomic mass is 10.1. The van der Waals surface area contributed by atoms with Gasteiger partial charge in [0.2, 0.25) is 15.8 Å². The Kier molecular flexibility index (Phi) is 6.68. The largest absolute Gasteiger partial charge is 0.451 e. The van der Waals surface area contributed by atoms with Crippen LogP contribution >= 0.6 is 0 Å². The first-order valence-corrected chi connectivity index (χ1v) is 9.82. The monoisotopic (exact) mass is 413 g/mol. The molecule has 10 heteroatoms. The molecule has 2 aromatic rings. The van der Waals surface area contributed by atoms with Crippen LogP contribution < -0.4 is 9.46 Å². The molecule has 0 aliphatic rings. The third kappa shape index (κ3) is 6.31. The lowest BCUT2D eigenvalue weighted by Crippen LogP contribution is -2.24. The van der Waals surface area contributed by atoms with Crippen molar-refractivity contribution in [3.63, 3.8) is 0 Å². The molecule has 0 bridgehead atoms. The number of ketones is 1. The molecule has 0 aromatic heterocycles. The molecule has 0 unspecified atom stereocenters. The Balaban J connectivity index is 2.00. The van der Waals surface area contributed by atoms with Crippen LogP contribution in [0.1, 0.15) is 27.6 Å². The van der Waals surface area contributed by atoms with Gasteiger partial charge in [0.1, 0.15) is 5.75 Å². The Morgan fingerprint density at radius 1 is 0.964 bits per heavy atom. The van der Waals surface area contributed by atoms with Crippen molar-refractivity contribution in [1.82, 2.24) is 0 Å². The quantitative estimate of drug-likeness (QED) is 0.528. The Morgan fingerprint density at radius 2 is 1.50 bits per heavy atom. The average Bonchev–Trinajstić information content (AvgIpc) is 2.60. The van der Waals surface area contributed by atoms with Crippen molar-refractivity contribution in [3.8, 4) is 5.75 Å². The van der Waals surface area contributed by atoms with Crippen LogP contribution in [0.2, 0.25) is 0 Å². The van der Waals surface area contributed by atoms with E-state index in [-0.39, 0.29) is 22.6 Å². The fourth-order valence-corrected chi connectivity index (χ4v) is 2.77. The number of anilines is 1. The van der Waals surface area contributed by atoms with E-state index in [1.807, 2.05) is 0 Å². The molecule has 0 amide bonds. The van der Waals surface area contributed by atoms with Gasteiger partial charge in [-0.2, -0.15) is 8.78 Å². The van der Waals surface area contributed by atoms with Crippen LogP contribution in [0.25, 0.3) is 0 Å². The molecule has 2 aromatic carbocycles. The Labute approximate surface area is 160 Å². The van der Waals surface area contributed by atoms with Crippen LogP contribution in [-0.2, 0) is 14.8 Å². The van der Waals surface area contributed by atoms with Gasteiger partial charge in [0.05, 0.1) is 11.8 Å². The van der Waals surface area contributed by atoms with Gasteiger partial charge in [-0.15, -0.1) is 0 Å². The molecule has 0 radical (unpaired) electrons. The molecule has 2 rings (SSSR count). The zero-order chi connectivity index (χ0) is 20.9. The summed E-state index contributed by atoms with van der Waals surface area (Å²) in [5.74, 6) is -1.41. The van der Waals surface area contributed by atoms with Gasteiger partial charge >= 0.3 is 12.6 Å². The number of esters is 1. The predicted molar refractivity (Wildman–Crippen MR) is 97.2 cm³/mol. The van der Waals surface area contributed by atoms with Crippen molar-refractivity contribution >= 4 is 27.5 Å². The minimum atomic E-state index is -3.44. The highest BCUT2D eigenvalue weighted by molar-refractivity contribution is 7.92. The van der Waals surface area contributed by atoms with Gasteiger partial charge < -0.3 is 9.47 Å². The number of hydrogen-bond donors (Lipinski definition) is 1. The number of benzene rings is 2. The van der Waals surface area contributed by atoms with Gasteiger partial charge in [0.25, 0.3) is 0 Å². The first kappa shape index (κ1) is 21.3. The average molecular weight is 413 g/mol. The standard InChI is InChI=1S/C18H17F2NO6S/c1-11(16(22)12-3-7-14(8-4-12)21-28(2,24)25)26-17(23)13-5-9-15(10-6-13)27-18(19)20/h3-11,18,21H,1-2H3/t11-/m0/s1. The van der Waals surface area contributed by atoms with E-state index >= 15 is 0 Å². The second-order valence-electron chi connectivity index (χ2n) is 5.77. The number of carbonyl (C=O) groups is 2. The van der Waals surface area contributed by atoms with Gasteiger partial charge in [-0.05, 0) is 55.5 Å². The van der Waals surface area contributed by atoms with Crippen LogP contribution in [0.4, 0.5) is 14.5 Å². The summed E-state index contributed by atoms with van der Waals surface area (Å²) in [5.41, 5.74) is 0.573. The number of hydrogen-bond acceptors (Lipinski definition) is 6. The molecule has 0 saturated carbocycles. The van der Waals surface area contributed by atoms with Gasteiger partial charge in [0.15, 0.2) is 6.10 Å². The van der Waals surface area contributed by atoms with E-state index in [1.54, 1.807) is 0 Å². The Bertz CT molecular complexity index is 943. The summed E-state index contributed by atoms with van der Waals surface area (Å²) in [6, 6.07) is 10.5. The highest BCUT2D eigenvalue weighted by Crippen LogP contribution is 2.17. The second-order valence-corrected chi connectivity index (χ2v) is 7.51. The number of carbonyl (C=O) groups excluding carboxylic acids is 2. The number of halogens is 2. The third-order valence-corrected chi connectivity index (χ3v) is 4.05. The SMILES string of the molecule is C[C@H](OC(=O)c1ccc(OC(F)F)cc1)C(=O)c1ccc(NS(C)(=O)=O)cc1. The summed E-state index contributed by atoms with van der Waals surface area (Å²) < 4.78 is 58.1. The summed E-state index contributed by atoms with van der Waals surface area (Å²) in [6.45, 7) is -1.59. The molecule has 150 valence electrons. The maximum atomic E-state index is 12.4. The van der Waals surface area contributed by atoms with E-state index in [4.69, 9.17) is 4.74 Å². The first-order chi connectivity index (χ1) is 13.0. The van der Waals surface area contributed by atoms with Crippen molar-refractivity contribution in [2.75, 3.05) is 11.0 Å². The molecule has 0 aliphatic heterocycles. The number of ether oxygens (including phenoxy) is 2. The van der Waals surface area contributed by atoms with Gasteiger partial charge in [-0.25, -0.2) is 13.2 Å². The van der Waals surface area contributed by atoms with Crippen LogP contribution in [0.5, 0.6) is 5.75 Å². The van der Waals surface area contributed by atoms with E-state index in [2.05, 4.69) is 9.46 Å². The molecule has 0 fully saturated rings. The van der Waals surface area contributed by atoms with Crippen molar-refractivity contribution in [1.29, 1.82) is 0 Å². The van der Waals surface area contributed by atoms with E-state index in [9.17, 15) is 26.8 Å². The number of nitrogens with one attached hydrogen (secondary N) is 1. The lowest BCUT2D eigenvalue weighted by molar-refractivity contribution is -0.0498. The molecule has 7 nitrogen and oxygen atoms in total. The summed E-state index contributed by atoms with van der Waals surface area (Å²) in [4.78, 5) is 24.5. The van der Waals surface area contributed by atoms with E-state index in [0.717, 1.165) is 6.26 Å². The minimum absolute atomic E-state index is 0.0639. The topological polar surface area (TPSA) is 98.8 Å². The molecule has 0 spiro atoms. The molecule has 0 saturated heterocycles. The van der Waals surface area contributed by atoms with Crippen molar-refractivity contribution in [2.45, 2.75) is 19.6 Å². The fourth-order valence-electron chi connectivity index (χ4n) is 2.21. The van der Waals surface area contributed by atoms with Crippen molar-refractivity contribution in [3.05, 3.63) is 59.7 Å².